The van der Waals surface area contributed by atoms with Gasteiger partial charge in [0.15, 0.2) is 0 Å². The molecule has 4 rings (SSSR count). The predicted molar refractivity (Wildman–Crippen MR) is 126 cm³/mol. The predicted octanol–water partition coefficient (Wildman–Crippen LogP) is 4.73. The number of benzene rings is 1. The van der Waals surface area contributed by atoms with Crippen LogP contribution in [-0.4, -0.2) is 50.6 Å². The first kappa shape index (κ1) is 22.4. The molecule has 1 fully saturated rings. The van der Waals surface area contributed by atoms with Crippen molar-refractivity contribution in [2.45, 2.75) is 46.2 Å². The quantitative estimate of drug-likeness (QED) is 0.627. The molecule has 0 spiro atoms. The summed E-state index contributed by atoms with van der Waals surface area (Å²) in [4.78, 5) is 24.0. The van der Waals surface area contributed by atoms with Crippen LogP contribution in [0.5, 0.6) is 0 Å². The lowest BCUT2D eigenvalue weighted by Gasteiger charge is -2.39. The third-order valence-electron chi connectivity index (χ3n) is 6.59. The van der Waals surface area contributed by atoms with Crippen LogP contribution in [0, 0.1) is 12.3 Å². The minimum Gasteiger partial charge on any atom is -0.331 e. The minimum atomic E-state index is -1.22. The van der Waals surface area contributed by atoms with Crippen LogP contribution in [0.25, 0.3) is 22.0 Å². The van der Waals surface area contributed by atoms with Crippen LogP contribution >= 0.6 is 0 Å². The van der Waals surface area contributed by atoms with Gasteiger partial charge in [0.2, 0.25) is 5.91 Å². The summed E-state index contributed by atoms with van der Waals surface area (Å²) >= 11 is 0. The number of imidazole rings is 1. The highest BCUT2D eigenvalue weighted by molar-refractivity contribution is 5.96. The first-order valence-electron chi connectivity index (χ1n) is 11.2. The second-order valence-corrected chi connectivity index (χ2v) is 9.89. The van der Waals surface area contributed by atoms with Crippen LogP contribution in [0.2, 0.25) is 0 Å². The Kier molecular flexibility index (Phi) is 5.79. The molecule has 1 amide bonds. The van der Waals surface area contributed by atoms with Crippen LogP contribution in [0.4, 0.5) is 10.2 Å². The number of aryl methyl sites for hydroxylation is 1. The number of carbonyl (C=O) groups excluding carboxylic acids is 1. The van der Waals surface area contributed by atoms with E-state index in [1.165, 1.54) is 0 Å². The van der Waals surface area contributed by atoms with E-state index < -0.39 is 11.1 Å². The van der Waals surface area contributed by atoms with E-state index in [4.69, 9.17) is 0 Å². The molecule has 0 saturated carbocycles. The highest BCUT2D eigenvalue weighted by Gasteiger charge is 2.38. The van der Waals surface area contributed by atoms with Crippen molar-refractivity contribution in [1.82, 2.24) is 19.4 Å². The largest absolute Gasteiger partial charge is 0.331 e. The summed E-state index contributed by atoms with van der Waals surface area (Å²) in [5.74, 6) is 1.48. The van der Waals surface area contributed by atoms with Crippen LogP contribution in [0.1, 0.15) is 39.4 Å². The number of likely N-dealkylation sites (tertiary alicyclic amines) is 1. The lowest BCUT2D eigenvalue weighted by molar-refractivity contribution is -0.127. The van der Waals surface area contributed by atoms with Gasteiger partial charge < -0.3 is 14.8 Å². The zero-order valence-corrected chi connectivity index (χ0v) is 19.6. The average Bonchev–Trinajstić information content (AvgIpc) is 3.07. The Bertz CT molecular complexity index is 1140. The number of rotatable bonds is 5. The van der Waals surface area contributed by atoms with Crippen LogP contribution < -0.4 is 5.32 Å². The van der Waals surface area contributed by atoms with E-state index in [1.807, 2.05) is 39.2 Å². The lowest BCUT2D eigenvalue weighted by Crippen LogP contribution is -2.47. The summed E-state index contributed by atoms with van der Waals surface area (Å²) in [6.45, 7) is 9.00. The number of carbonyl (C=O) groups is 1. The van der Waals surface area contributed by atoms with E-state index in [1.54, 1.807) is 20.0 Å². The van der Waals surface area contributed by atoms with Crippen LogP contribution in [0.3, 0.4) is 0 Å². The van der Waals surface area contributed by atoms with Crippen molar-refractivity contribution >= 4 is 22.5 Å². The molecule has 0 atom stereocenters. The van der Waals surface area contributed by atoms with Gasteiger partial charge in [-0.15, -0.1) is 0 Å². The number of nitrogens with zero attached hydrogens (tertiary/aromatic N) is 4. The normalized spacial score (nSPS) is 16.9. The van der Waals surface area contributed by atoms with Crippen LogP contribution in [0.15, 0.2) is 36.7 Å². The van der Waals surface area contributed by atoms with Gasteiger partial charge in [-0.2, -0.15) is 0 Å². The Balaban J connectivity index is 1.49. The second kappa shape index (κ2) is 8.28. The number of hydrogen-bond acceptors (Lipinski definition) is 4. The summed E-state index contributed by atoms with van der Waals surface area (Å²) in [5.41, 5.74) is 0.404. The molecule has 32 heavy (non-hydrogen) atoms. The Morgan fingerprint density at radius 3 is 2.50 bits per heavy atom. The topological polar surface area (TPSA) is 63.1 Å². The monoisotopic (exact) mass is 437 g/mol. The fourth-order valence-electron chi connectivity index (χ4n) is 4.37. The summed E-state index contributed by atoms with van der Waals surface area (Å²) in [5, 5.41) is 5.05. The molecule has 2 aromatic heterocycles. The molecule has 1 saturated heterocycles. The van der Waals surface area contributed by atoms with Crippen molar-refractivity contribution in [3.8, 4) is 11.3 Å². The number of halogens is 1. The molecule has 1 aromatic carbocycles. The molecule has 1 N–H and O–H groups in total. The number of fused-ring (bicyclic) bond motifs is 1. The van der Waals surface area contributed by atoms with Gasteiger partial charge in [0.25, 0.3) is 0 Å². The number of anilines is 1. The molecule has 0 bridgehead atoms. The maximum atomic E-state index is 14.0. The molecule has 6 nitrogen and oxygen atoms in total. The first-order chi connectivity index (χ1) is 15.0. The summed E-state index contributed by atoms with van der Waals surface area (Å²) in [6, 6.07) is 8.12. The van der Waals surface area contributed by atoms with Crippen LogP contribution in [-0.2, 0) is 11.8 Å². The van der Waals surface area contributed by atoms with Crippen molar-refractivity contribution in [2.24, 2.45) is 12.5 Å². The number of pyridine rings is 1. The second-order valence-electron chi connectivity index (χ2n) is 9.89. The Morgan fingerprint density at radius 2 is 1.88 bits per heavy atom. The van der Waals surface area contributed by atoms with Gasteiger partial charge in [0.05, 0.1) is 11.9 Å². The molecule has 3 aromatic rings. The Hall–Kier alpha value is -2.80. The smallest absolute Gasteiger partial charge is 0.231 e. The molecular formula is C25H32FN5O. The molecule has 0 radical (unpaired) electrons. The number of piperidine rings is 1. The lowest BCUT2D eigenvalue weighted by atomic mass is 9.79. The molecular weight excluding hydrogens is 405 g/mol. The number of amides is 1. The molecule has 1 aliphatic rings. The van der Waals surface area contributed by atoms with E-state index in [-0.39, 0.29) is 5.91 Å². The summed E-state index contributed by atoms with van der Waals surface area (Å²) in [7, 11) is 2.00. The zero-order valence-electron chi connectivity index (χ0n) is 19.6. The average molecular weight is 438 g/mol. The minimum absolute atomic E-state index is 0.0260. The van der Waals surface area contributed by atoms with Gasteiger partial charge in [-0.05, 0) is 64.2 Å². The van der Waals surface area contributed by atoms with Crippen molar-refractivity contribution in [1.29, 1.82) is 0 Å². The van der Waals surface area contributed by atoms with Crippen molar-refractivity contribution in [3.63, 3.8) is 0 Å². The van der Waals surface area contributed by atoms with Gasteiger partial charge in [-0.25, -0.2) is 14.4 Å². The maximum absolute atomic E-state index is 14.0. The third kappa shape index (κ3) is 4.67. The fourth-order valence-corrected chi connectivity index (χ4v) is 4.37. The highest BCUT2D eigenvalue weighted by atomic mass is 19.1. The van der Waals surface area contributed by atoms with E-state index in [9.17, 15) is 9.18 Å². The van der Waals surface area contributed by atoms with Gasteiger partial charge in [0.1, 0.15) is 17.3 Å². The van der Waals surface area contributed by atoms with Crippen molar-refractivity contribution in [3.05, 3.63) is 42.5 Å². The van der Waals surface area contributed by atoms with Crippen molar-refractivity contribution < 1.29 is 9.18 Å². The van der Waals surface area contributed by atoms with Crippen molar-refractivity contribution in [2.75, 3.05) is 25.0 Å². The zero-order chi connectivity index (χ0) is 23.1. The molecule has 170 valence electrons. The van der Waals surface area contributed by atoms with Gasteiger partial charge in [-0.1, -0.05) is 19.1 Å². The highest BCUT2D eigenvalue weighted by Crippen LogP contribution is 2.33. The Morgan fingerprint density at radius 1 is 1.16 bits per heavy atom. The van der Waals surface area contributed by atoms with Gasteiger partial charge >= 0.3 is 0 Å². The first-order valence-corrected chi connectivity index (χ1v) is 11.2. The standard InChI is InChI=1S/C25H32FN5O/c1-17-27-15-21(30(17)5)18-6-7-19-14-28-22(13-20(19)12-18)29-23(32)25(4)8-10-31(11-9-25)16-24(2,3)26/h6-7,12-15H,8-11,16H2,1-5H3,(H,28,29,32). The fraction of sp³-hybridized carbons (Fsp3) is 0.480. The molecule has 1 aliphatic heterocycles. The third-order valence-corrected chi connectivity index (χ3v) is 6.59. The number of nitrogens with one attached hydrogen (secondary N) is 1. The number of hydrogen-bond donors (Lipinski definition) is 1. The number of alkyl halides is 1. The maximum Gasteiger partial charge on any atom is 0.231 e. The molecule has 0 aliphatic carbocycles. The SMILES string of the molecule is Cc1ncc(-c2ccc3cnc(NC(=O)C4(C)CCN(CC(C)(C)F)CC4)cc3c2)n1C. The van der Waals surface area contributed by atoms with E-state index >= 15 is 0 Å². The van der Waals surface area contributed by atoms with E-state index in [0.717, 1.165) is 40.9 Å². The van der Waals surface area contributed by atoms with E-state index in [2.05, 4.69) is 36.9 Å². The van der Waals surface area contributed by atoms with Gasteiger partial charge in [0, 0.05) is 36.2 Å². The van der Waals surface area contributed by atoms with Gasteiger partial charge in [-0.3, -0.25) is 4.79 Å². The number of aromatic nitrogens is 3. The summed E-state index contributed by atoms with van der Waals surface area (Å²) in [6.07, 6.45) is 5.06. The van der Waals surface area contributed by atoms with E-state index in [0.29, 0.717) is 25.2 Å². The molecule has 0 unspecified atom stereocenters. The summed E-state index contributed by atoms with van der Waals surface area (Å²) < 4.78 is 16.0. The molecule has 7 heteroatoms. The Labute approximate surface area is 188 Å². The molecule has 3 heterocycles.